The Labute approximate surface area is 75.3 Å². The fourth-order valence-electron chi connectivity index (χ4n) is 1.36. The zero-order valence-electron chi connectivity index (χ0n) is 7.20. The van der Waals surface area contributed by atoms with Gasteiger partial charge in [-0.25, -0.2) is 0 Å². The predicted octanol–water partition coefficient (Wildman–Crippen LogP) is -2.57. The number of ether oxygens (including phenoxy) is 2. The van der Waals surface area contributed by atoms with E-state index in [1.807, 2.05) is 0 Å². The van der Waals surface area contributed by atoms with Gasteiger partial charge in [-0.05, 0) is 0 Å². The monoisotopic (exact) mass is 194 g/mol. The average Bonchev–Trinajstić information content (AvgIpc) is 2.13. The van der Waals surface area contributed by atoms with Gasteiger partial charge in [-0.1, -0.05) is 0 Å². The molecule has 1 aliphatic heterocycles. The van der Waals surface area contributed by atoms with Crippen molar-refractivity contribution in [2.75, 3.05) is 13.7 Å². The summed E-state index contributed by atoms with van der Waals surface area (Å²) >= 11 is 0. The summed E-state index contributed by atoms with van der Waals surface area (Å²) in [5.74, 6) is 0. The van der Waals surface area contributed by atoms with Gasteiger partial charge in [0.2, 0.25) is 0 Å². The van der Waals surface area contributed by atoms with Crippen molar-refractivity contribution in [3.05, 3.63) is 0 Å². The average molecular weight is 194 g/mol. The SMILES string of the molecule is CO[C@@H]1C(CO)O[C@@H](O)C(O)[C@H]1O. The van der Waals surface area contributed by atoms with Crippen LogP contribution in [0.5, 0.6) is 0 Å². The van der Waals surface area contributed by atoms with Crippen LogP contribution < -0.4 is 0 Å². The van der Waals surface area contributed by atoms with E-state index < -0.39 is 30.7 Å². The molecule has 0 aliphatic carbocycles. The molecule has 13 heavy (non-hydrogen) atoms. The molecule has 2 unspecified atom stereocenters. The van der Waals surface area contributed by atoms with Crippen molar-refractivity contribution >= 4 is 0 Å². The van der Waals surface area contributed by atoms with E-state index in [0.717, 1.165) is 0 Å². The van der Waals surface area contributed by atoms with Gasteiger partial charge >= 0.3 is 0 Å². The first kappa shape index (κ1) is 10.8. The van der Waals surface area contributed by atoms with Crippen molar-refractivity contribution in [3.8, 4) is 0 Å². The van der Waals surface area contributed by atoms with Crippen LogP contribution >= 0.6 is 0 Å². The summed E-state index contributed by atoms with van der Waals surface area (Å²) in [5.41, 5.74) is 0. The number of methoxy groups -OCH3 is 1. The Balaban J connectivity index is 2.69. The van der Waals surface area contributed by atoms with Crippen LogP contribution in [-0.4, -0.2) is 64.8 Å². The summed E-state index contributed by atoms with van der Waals surface area (Å²) in [4.78, 5) is 0. The fourth-order valence-corrected chi connectivity index (χ4v) is 1.36. The van der Waals surface area contributed by atoms with Gasteiger partial charge in [-0.3, -0.25) is 0 Å². The molecule has 0 aromatic rings. The van der Waals surface area contributed by atoms with E-state index in [0.29, 0.717) is 0 Å². The Morgan fingerprint density at radius 3 is 2.31 bits per heavy atom. The molecule has 1 saturated heterocycles. The van der Waals surface area contributed by atoms with E-state index in [1.165, 1.54) is 7.11 Å². The Morgan fingerprint density at radius 2 is 1.85 bits per heavy atom. The van der Waals surface area contributed by atoms with Crippen LogP contribution in [0.3, 0.4) is 0 Å². The molecule has 6 nitrogen and oxygen atoms in total. The molecule has 5 atom stereocenters. The lowest BCUT2D eigenvalue weighted by molar-refractivity contribution is -0.290. The van der Waals surface area contributed by atoms with Crippen molar-refractivity contribution in [2.24, 2.45) is 0 Å². The van der Waals surface area contributed by atoms with Gasteiger partial charge in [0.25, 0.3) is 0 Å². The molecule has 0 saturated carbocycles. The second-order valence-electron chi connectivity index (χ2n) is 2.93. The van der Waals surface area contributed by atoms with E-state index in [-0.39, 0.29) is 6.61 Å². The summed E-state index contributed by atoms with van der Waals surface area (Å²) in [7, 11) is 1.32. The minimum Gasteiger partial charge on any atom is -0.394 e. The summed E-state index contributed by atoms with van der Waals surface area (Å²) < 4.78 is 9.61. The van der Waals surface area contributed by atoms with Gasteiger partial charge in [0, 0.05) is 7.11 Å². The van der Waals surface area contributed by atoms with E-state index >= 15 is 0 Å². The lowest BCUT2D eigenvalue weighted by Gasteiger charge is -2.39. The molecule has 0 radical (unpaired) electrons. The van der Waals surface area contributed by atoms with Crippen LogP contribution in [0.4, 0.5) is 0 Å². The number of hydrogen-bond donors (Lipinski definition) is 4. The fraction of sp³-hybridized carbons (Fsp3) is 1.00. The highest BCUT2D eigenvalue weighted by molar-refractivity contribution is 4.89. The van der Waals surface area contributed by atoms with Gasteiger partial charge in [0.1, 0.15) is 24.4 Å². The van der Waals surface area contributed by atoms with Crippen molar-refractivity contribution < 1.29 is 29.9 Å². The molecule has 1 aliphatic rings. The van der Waals surface area contributed by atoms with Crippen LogP contribution in [-0.2, 0) is 9.47 Å². The highest BCUT2D eigenvalue weighted by atomic mass is 16.6. The molecule has 1 rings (SSSR count). The molecule has 78 valence electrons. The van der Waals surface area contributed by atoms with Crippen molar-refractivity contribution in [2.45, 2.75) is 30.7 Å². The van der Waals surface area contributed by atoms with Crippen LogP contribution in [0.2, 0.25) is 0 Å². The standard InChI is InChI=1S/C7H14O6/c1-12-6-3(2-8)13-7(11)5(10)4(6)9/h3-11H,2H2,1H3/t3?,4-,5?,6-,7-/m1/s1. The first-order valence-electron chi connectivity index (χ1n) is 3.95. The van der Waals surface area contributed by atoms with E-state index in [2.05, 4.69) is 0 Å². The van der Waals surface area contributed by atoms with Crippen molar-refractivity contribution in [1.29, 1.82) is 0 Å². The first-order chi connectivity index (χ1) is 6.11. The largest absolute Gasteiger partial charge is 0.394 e. The van der Waals surface area contributed by atoms with E-state index in [9.17, 15) is 10.2 Å². The Hall–Kier alpha value is -0.240. The molecule has 0 aromatic carbocycles. The Bertz CT molecular complexity index is 161. The maximum Gasteiger partial charge on any atom is 0.184 e. The van der Waals surface area contributed by atoms with E-state index in [1.54, 1.807) is 0 Å². The first-order valence-corrected chi connectivity index (χ1v) is 3.95. The maximum atomic E-state index is 9.38. The molecule has 0 bridgehead atoms. The molecule has 1 heterocycles. The molecular formula is C7H14O6. The van der Waals surface area contributed by atoms with Gasteiger partial charge in [0.05, 0.1) is 6.61 Å². The third-order valence-electron chi connectivity index (χ3n) is 2.11. The predicted molar refractivity (Wildman–Crippen MR) is 40.8 cm³/mol. The summed E-state index contributed by atoms with van der Waals surface area (Å²) in [6.45, 7) is -0.390. The maximum absolute atomic E-state index is 9.38. The molecule has 0 aromatic heterocycles. The van der Waals surface area contributed by atoms with Crippen molar-refractivity contribution in [3.63, 3.8) is 0 Å². The molecular weight excluding hydrogens is 180 g/mol. The van der Waals surface area contributed by atoms with Crippen LogP contribution in [0.15, 0.2) is 0 Å². The van der Waals surface area contributed by atoms with E-state index in [4.69, 9.17) is 19.7 Å². The van der Waals surface area contributed by atoms with Gasteiger partial charge in [0.15, 0.2) is 6.29 Å². The Morgan fingerprint density at radius 1 is 1.23 bits per heavy atom. The zero-order chi connectivity index (χ0) is 10.0. The topological polar surface area (TPSA) is 99.4 Å². The smallest absolute Gasteiger partial charge is 0.184 e. The number of rotatable bonds is 2. The minimum atomic E-state index is -1.49. The summed E-state index contributed by atoms with van der Waals surface area (Å²) in [6, 6.07) is 0. The third kappa shape index (κ3) is 1.98. The molecule has 0 amide bonds. The third-order valence-corrected chi connectivity index (χ3v) is 2.11. The highest BCUT2D eigenvalue weighted by Crippen LogP contribution is 2.21. The minimum absolute atomic E-state index is 0.390. The normalized spacial score (nSPS) is 46.4. The van der Waals surface area contributed by atoms with Gasteiger partial charge < -0.3 is 29.9 Å². The van der Waals surface area contributed by atoms with Crippen LogP contribution in [0.1, 0.15) is 0 Å². The highest BCUT2D eigenvalue weighted by Gasteiger charge is 2.43. The second-order valence-corrected chi connectivity index (χ2v) is 2.93. The molecule has 6 heteroatoms. The lowest BCUT2D eigenvalue weighted by Crippen LogP contribution is -2.59. The summed E-state index contributed by atoms with van der Waals surface area (Å²) in [5, 5.41) is 36.4. The number of hydrogen-bond acceptors (Lipinski definition) is 6. The Kier molecular flexibility index (Phi) is 3.60. The second kappa shape index (κ2) is 4.32. The van der Waals surface area contributed by atoms with Gasteiger partial charge in [-0.15, -0.1) is 0 Å². The summed E-state index contributed by atoms with van der Waals surface area (Å²) in [6.07, 6.45) is -5.81. The molecule has 4 N–H and O–H groups in total. The molecule has 1 fully saturated rings. The number of aliphatic hydroxyl groups excluding tert-OH is 4. The van der Waals surface area contributed by atoms with Gasteiger partial charge in [-0.2, -0.15) is 0 Å². The quantitative estimate of drug-likeness (QED) is 0.386. The lowest BCUT2D eigenvalue weighted by atomic mass is 9.99. The number of aliphatic hydroxyl groups is 4. The molecule has 0 spiro atoms. The zero-order valence-corrected chi connectivity index (χ0v) is 7.20. The van der Waals surface area contributed by atoms with Crippen molar-refractivity contribution in [1.82, 2.24) is 0 Å². The van der Waals surface area contributed by atoms with Crippen LogP contribution in [0.25, 0.3) is 0 Å². The van der Waals surface area contributed by atoms with Crippen LogP contribution in [0, 0.1) is 0 Å².